The Morgan fingerprint density at radius 2 is 2.00 bits per heavy atom. The van der Waals surface area contributed by atoms with E-state index in [0.717, 1.165) is 16.0 Å². The standard InChI is InChI=1S/C24H21N3O6/c1-2-32-23(31)25-16-7-8-17-15(11-20(28)33-19(17)12-16)13-27-21(29)24(26-22(27)30)10-9-14-5-3-4-6-18(14)24/h3-8,11-12H,2,9-10,13H2,1H3,(H,25,31)(H,26,30). The summed E-state index contributed by atoms with van der Waals surface area (Å²) in [6.45, 7) is 1.83. The van der Waals surface area contributed by atoms with E-state index in [2.05, 4.69) is 10.6 Å². The lowest BCUT2D eigenvalue weighted by molar-refractivity contribution is -0.132. The first-order chi connectivity index (χ1) is 15.9. The Labute approximate surface area is 188 Å². The van der Waals surface area contributed by atoms with E-state index in [1.807, 2.05) is 24.3 Å². The predicted molar refractivity (Wildman–Crippen MR) is 119 cm³/mol. The van der Waals surface area contributed by atoms with Gasteiger partial charge in [0, 0.05) is 23.2 Å². The molecule has 1 spiro atoms. The molecular formula is C24H21N3O6. The second kappa shape index (κ2) is 7.77. The summed E-state index contributed by atoms with van der Waals surface area (Å²) < 4.78 is 10.1. The van der Waals surface area contributed by atoms with Gasteiger partial charge in [-0.15, -0.1) is 0 Å². The number of amides is 4. The van der Waals surface area contributed by atoms with Crippen LogP contribution in [0.25, 0.3) is 11.0 Å². The van der Waals surface area contributed by atoms with Crippen molar-refractivity contribution < 1.29 is 23.5 Å². The highest BCUT2D eigenvalue weighted by Crippen LogP contribution is 2.41. The number of imide groups is 1. The van der Waals surface area contributed by atoms with Gasteiger partial charge in [0.15, 0.2) is 0 Å². The van der Waals surface area contributed by atoms with Gasteiger partial charge in [0.25, 0.3) is 5.91 Å². The van der Waals surface area contributed by atoms with Crippen molar-refractivity contribution in [3.63, 3.8) is 0 Å². The number of rotatable bonds is 4. The average Bonchev–Trinajstić information content (AvgIpc) is 3.26. The van der Waals surface area contributed by atoms with Gasteiger partial charge in [-0.25, -0.2) is 14.4 Å². The Hall–Kier alpha value is -4.14. The molecule has 2 heterocycles. The smallest absolute Gasteiger partial charge is 0.411 e. The third kappa shape index (κ3) is 3.42. The van der Waals surface area contributed by atoms with Crippen LogP contribution in [0.3, 0.4) is 0 Å². The van der Waals surface area contributed by atoms with Crippen molar-refractivity contribution in [1.82, 2.24) is 10.2 Å². The van der Waals surface area contributed by atoms with E-state index in [1.54, 1.807) is 19.1 Å². The monoisotopic (exact) mass is 447 g/mol. The summed E-state index contributed by atoms with van der Waals surface area (Å²) in [5, 5.41) is 5.99. The first kappa shape index (κ1) is 20.7. The van der Waals surface area contributed by atoms with Gasteiger partial charge in [0.2, 0.25) is 0 Å². The topological polar surface area (TPSA) is 118 Å². The Balaban J connectivity index is 1.47. The van der Waals surface area contributed by atoms with Gasteiger partial charge in [0.1, 0.15) is 11.1 Å². The largest absolute Gasteiger partial charge is 0.450 e. The summed E-state index contributed by atoms with van der Waals surface area (Å²) in [5.41, 5.74) is 1.24. The molecule has 1 fully saturated rings. The summed E-state index contributed by atoms with van der Waals surface area (Å²) in [6, 6.07) is 13.2. The number of carbonyl (C=O) groups excluding carboxylic acids is 3. The molecule has 1 aliphatic carbocycles. The van der Waals surface area contributed by atoms with E-state index in [1.165, 1.54) is 12.1 Å². The Kier molecular flexibility index (Phi) is 4.88. The summed E-state index contributed by atoms with van der Waals surface area (Å²) in [4.78, 5) is 51.3. The van der Waals surface area contributed by atoms with Crippen LogP contribution in [-0.4, -0.2) is 29.5 Å². The van der Waals surface area contributed by atoms with Crippen LogP contribution in [0.2, 0.25) is 0 Å². The molecule has 2 aromatic carbocycles. The molecule has 3 aromatic rings. The molecule has 2 aliphatic rings. The maximum atomic E-state index is 13.4. The zero-order valence-electron chi connectivity index (χ0n) is 17.8. The lowest BCUT2D eigenvalue weighted by Gasteiger charge is -2.22. The minimum Gasteiger partial charge on any atom is -0.450 e. The van der Waals surface area contributed by atoms with Crippen LogP contribution in [0.5, 0.6) is 0 Å². The molecule has 1 saturated heterocycles. The van der Waals surface area contributed by atoms with E-state index >= 15 is 0 Å². The third-order valence-corrected chi connectivity index (χ3v) is 6.10. The van der Waals surface area contributed by atoms with Crippen molar-refractivity contribution >= 4 is 34.7 Å². The molecular weight excluding hydrogens is 426 g/mol. The summed E-state index contributed by atoms with van der Waals surface area (Å²) >= 11 is 0. The number of nitrogens with one attached hydrogen (secondary N) is 2. The van der Waals surface area contributed by atoms with Crippen LogP contribution in [-0.2, 0) is 28.0 Å². The molecule has 4 amide bonds. The number of urea groups is 1. The fourth-order valence-electron chi connectivity index (χ4n) is 4.63. The van der Waals surface area contributed by atoms with Crippen LogP contribution in [0, 0.1) is 0 Å². The molecule has 2 N–H and O–H groups in total. The summed E-state index contributed by atoms with van der Waals surface area (Å²) in [6.07, 6.45) is 0.565. The molecule has 1 unspecified atom stereocenters. The van der Waals surface area contributed by atoms with Crippen LogP contribution in [0.1, 0.15) is 30.0 Å². The second-order valence-corrected chi connectivity index (χ2v) is 8.03. The first-order valence-electron chi connectivity index (χ1n) is 10.6. The van der Waals surface area contributed by atoms with E-state index in [4.69, 9.17) is 9.15 Å². The molecule has 0 radical (unpaired) electrons. The lowest BCUT2D eigenvalue weighted by Crippen LogP contribution is -2.41. The number of ether oxygens (including phenoxy) is 1. The van der Waals surface area contributed by atoms with Gasteiger partial charge in [0.05, 0.1) is 13.2 Å². The highest BCUT2D eigenvalue weighted by atomic mass is 16.5. The van der Waals surface area contributed by atoms with Crippen molar-refractivity contribution in [1.29, 1.82) is 0 Å². The molecule has 1 atom stereocenters. The molecule has 5 rings (SSSR count). The number of hydrogen-bond donors (Lipinski definition) is 2. The van der Waals surface area contributed by atoms with Gasteiger partial charge in [-0.2, -0.15) is 0 Å². The second-order valence-electron chi connectivity index (χ2n) is 8.03. The van der Waals surface area contributed by atoms with E-state index < -0.39 is 23.3 Å². The fourth-order valence-corrected chi connectivity index (χ4v) is 4.63. The van der Waals surface area contributed by atoms with Crippen LogP contribution >= 0.6 is 0 Å². The first-order valence-corrected chi connectivity index (χ1v) is 10.6. The average molecular weight is 447 g/mol. The zero-order valence-corrected chi connectivity index (χ0v) is 17.8. The van der Waals surface area contributed by atoms with Crippen molar-refractivity contribution in [2.75, 3.05) is 11.9 Å². The maximum absolute atomic E-state index is 13.4. The summed E-state index contributed by atoms with van der Waals surface area (Å²) in [7, 11) is 0. The SMILES string of the molecule is CCOC(=O)Nc1ccc2c(CN3C(=O)NC4(CCc5ccccc54)C3=O)cc(=O)oc2c1. The van der Waals surface area contributed by atoms with Gasteiger partial charge < -0.3 is 14.5 Å². The molecule has 9 heteroatoms. The quantitative estimate of drug-likeness (QED) is 0.468. The van der Waals surface area contributed by atoms with E-state index in [-0.39, 0.29) is 24.6 Å². The zero-order chi connectivity index (χ0) is 23.2. The van der Waals surface area contributed by atoms with Crippen molar-refractivity contribution in [2.45, 2.75) is 31.8 Å². The van der Waals surface area contributed by atoms with Crippen molar-refractivity contribution in [2.24, 2.45) is 0 Å². The molecule has 0 saturated carbocycles. The molecule has 9 nitrogen and oxygen atoms in total. The fraction of sp³-hybridized carbons (Fsp3) is 0.250. The maximum Gasteiger partial charge on any atom is 0.411 e. The van der Waals surface area contributed by atoms with Crippen LogP contribution in [0.15, 0.2) is 57.7 Å². The van der Waals surface area contributed by atoms with Crippen molar-refractivity contribution in [3.05, 3.63) is 75.6 Å². The van der Waals surface area contributed by atoms with Crippen LogP contribution in [0.4, 0.5) is 15.3 Å². The normalized spacial score (nSPS) is 19.1. The third-order valence-electron chi connectivity index (χ3n) is 6.10. The van der Waals surface area contributed by atoms with Crippen molar-refractivity contribution in [3.8, 4) is 0 Å². The van der Waals surface area contributed by atoms with E-state index in [0.29, 0.717) is 29.5 Å². The van der Waals surface area contributed by atoms with Gasteiger partial charge in [-0.1, -0.05) is 24.3 Å². The highest BCUT2D eigenvalue weighted by molar-refractivity contribution is 6.08. The number of carbonyl (C=O) groups is 3. The molecule has 1 aliphatic heterocycles. The molecule has 1 aromatic heterocycles. The van der Waals surface area contributed by atoms with Crippen LogP contribution < -0.4 is 16.3 Å². The minimum atomic E-state index is -1.07. The molecule has 168 valence electrons. The van der Waals surface area contributed by atoms with Gasteiger partial charge in [-0.3, -0.25) is 15.0 Å². The number of aryl methyl sites for hydroxylation is 1. The minimum absolute atomic E-state index is 0.0820. The Bertz CT molecular complexity index is 1360. The highest BCUT2D eigenvalue weighted by Gasteiger charge is 2.55. The summed E-state index contributed by atoms with van der Waals surface area (Å²) in [5.74, 6) is -0.334. The van der Waals surface area contributed by atoms with E-state index in [9.17, 15) is 19.2 Å². The Morgan fingerprint density at radius 3 is 2.82 bits per heavy atom. The van der Waals surface area contributed by atoms with Gasteiger partial charge in [-0.05, 0) is 48.6 Å². The predicted octanol–water partition coefficient (Wildman–Crippen LogP) is 3.25. The number of hydrogen-bond acceptors (Lipinski definition) is 6. The van der Waals surface area contributed by atoms with Gasteiger partial charge >= 0.3 is 17.7 Å². The Morgan fingerprint density at radius 1 is 1.18 bits per heavy atom. The number of benzene rings is 2. The number of fused-ring (bicyclic) bond motifs is 3. The number of anilines is 1. The molecule has 0 bridgehead atoms. The lowest BCUT2D eigenvalue weighted by atomic mass is 9.92. The number of nitrogens with zero attached hydrogens (tertiary/aromatic N) is 1. The molecule has 33 heavy (non-hydrogen) atoms.